The third kappa shape index (κ3) is 2.83. The Morgan fingerprint density at radius 2 is 1.90 bits per heavy atom. The van der Waals surface area contributed by atoms with Crippen molar-refractivity contribution >= 4 is 11.0 Å². The summed E-state index contributed by atoms with van der Waals surface area (Å²) in [5.41, 5.74) is 10.6. The third-order valence-electron chi connectivity index (χ3n) is 3.81. The molecule has 0 aliphatic carbocycles. The van der Waals surface area contributed by atoms with Gasteiger partial charge >= 0.3 is 0 Å². The van der Waals surface area contributed by atoms with Gasteiger partial charge in [0.2, 0.25) is 0 Å². The summed E-state index contributed by atoms with van der Waals surface area (Å²) >= 11 is 0. The van der Waals surface area contributed by atoms with Gasteiger partial charge in [-0.25, -0.2) is 4.39 Å². The predicted molar refractivity (Wildman–Crippen MR) is 82.7 cm³/mol. The summed E-state index contributed by atoms with van der Waals surface area (Å²) in [5.74, 6) is 0.425. The average molecular weight is 283 g/mol. The molecular formula is C18H18FNO. The van der Waals surface area contributed by atoms with Gasteiger partial charge in [-0.3, -0.25) is 0 Å². The Hall–Kier alpha value is -2.13. The van der Waals surface area contributed by atoms with E-state index >= 15 is 0 Å². The van der Waals surface area contributed by atoms with Gasteiger partial charge in [0, 0.05) is 5.39 Å². The molecular weight excluding hydrogens is 265 g/mol. The maximum atomic E-state index is 13.2. The third-order valence-corrected chi connectivity index (χ3v) is 3.81. The Kier molecular flexibility index (Phi) is 3.52. The monoisotopic (exact) mass is 283 g/mol. The lowest BCUT2D eigenvalue weighted by atomic mass is 9.98. The first-order chi connectivity index (χ1) is 10.0. The summed E-state index contributed by atoms with van der Waals surface area (Å²) in [6, 6.07) is 12.4. The van der Waals surface area contributed by atoms with E-state index in [-0.39, 0.29) is 11.9 Å². The maximum absolute atomic E-state index is 13.2. The van der Waals surface area contributed by atoms with Crippen LogP contribution in [0.25, 0.3) is 11.0 Å². The topological polar surface area (TPSA) is 39.2 Å². The summed E-state index contributed by atoms with van der Waals surface area (Å²) in [6.07, 6.45) is 0.704. The number of hydrogen-bond donors (Lipinski definition) is 1. The number of nitrogens with two attached hydrogens (primary N) is 1. The number of benzene rings is 2. The molecule has 2 nitrogen and oxygen atoms in total. The van der Waals surface area contributed by atoms with Crippen LogP contribution in [0.3, 0.4) is 0 Å². The predicted octanol–water partition coefficient (Wildman–Crippen LogP) is 4.43. The molecule has 21 heavy (non-hydrogen) atoms. The molecule has 0 aliphatic rings. The van der Waals surface area contributed by atoms with Crippen LogP contribution in [-0.4, -0.2) is 0 Å². The fraction of sp³-hybridized carbons (Fsp3) is 0.222. The van der Waals surface area contributed by atoms with E-state index in [9.17, 15) is 4.39 Å². The lowest BCUT2D eigenvalue weighted by Gasteiger charge is -2.12. The highest BCUT2D eigenvalue weighted by Crippen LogP contribution is 2.26. The summed E-state index contributed by atoms with van der Waals surface area (Å²) < 4.78 is 19.0. The van der Waals surface area contributed by atoms with Crippen molar-refractivity contribution in [3.8, 4) is 0 Å². The molecule has 0 saturated carbocycles. The highest BCUT2D eigenvalue weighted by Gasteiger charge is 2.14. The zero-order valence-corrected chi connectivity index (χ0v) is 12.2. The Bertz CT molecular complexity index is 791. The number of aryl methyl sites for hydroxylation is 2. The van der Waals surface area contributed by atoms with Crippen molar-refractivity contribution in [1.29, 1.82) is 0 Å². The van der Waals surface area contributed by atoms with E-state index in [1.54, 1.807) is 6.07 Å². The number of fused-ring (bicyclic) bond motifs is 1. The van der Waals surface area contributed by atoms with Crippen LogP contribution in [0.4, 0.5) is 4.39 Å². The van der Waals surface area contributed by atoms with E-state index in [1.807, 2.05) is 6.07 Å². The minimum Gasteiger partial charge on any atom is -0.459 e. The Labute approximate surface area is 123 Å². The van der Waals surface area contributed by atoms with Crippen LogP contribution in [0.15, 0.2) is 46.9 Å². The van der Waals surface area contributed by atoms with E-state index in [2.05, 4.69) is 32.0 Å². The standard InChI is InChI=1S/C18H18FNO/c1-11-3-4-12(2)13(7-11)9-16(20)18-10-14-8-15(19)5-6-17(14)21-18/h3-8,10,16H,9,20H2,1-2H3. The van der Waals surface area contributed by atoms with Crippen molar-refractivity contribution in [3.05, 3.63) is 70.7 Å². The van der Waals surface area contributed by atoms with Crippen molar-refractivity contribution in [2.75, 3.05) is 0 Å². The second-order valence-electron chi connectivity index (χ2n) is 5.57. The molecule has 0 fully saturated rings. The van der Waals surface area contributed by atoms with Crippen LogP contribution in [-0.2, 0) is 6.42 Å². The summed E-state index contributed by atoms with van der Waals surface area (Å²) in [5, 5.41) is 0.751. The Morgan fingerprint density at radius 3 is 2.71 bits per heavy atom. The lowest BCUT2D eigenvalue weighted by molar-refractivity contribution is 0.493. The first-order valence-electron chi connectivity index (χ1n) is 7.03. The summed E-state index contributed by atoms with van der Waals surface area (Å²) in [7, 11) is 0. The van der Waals surface area contributed by atoms with E-state index < -0.39 is 0 Å². The quantitative estimate of drug-likeness (QED) is 0.772. The minimum atomic E-state index is -0.266. The largest absolute Gasteiger partial charge is 0.459 e. The second-order valence-corrected chi connectivity index (χ2v) is 5.57. The Balaban J connectivity index is 1.89. The lowest BCUT2D eigenvalue weighted by Crippen LogP contribution is -2.13. The van der Waals surface area contributed by atoms with Crippen molar-refractivity contribution in [1.82, 2.24) is 0 Å². The van der Waals surface area contributed by atoms with E-state index in [1.165, 1.54) is 28.8 Å². The highest BCUT2D eigenvalue weighted by molar-refractivity contribution is 5.78. The van der Waals surface area contributed by atoms with Gasteiger partial charge < -0.3 is 10.2 Å². The minimum absolute atomic E-state index is 0.235. The molecule has 1 atom stereocenters. The van der Waals surface area contributed by atoms with Crippen LogP contribution >= 0.6 is 0 Å². The molecule has 0 saturated heterocycles. The van der Waals surface area contributed by atoms with Crippen molar-refractivity contribution in [2.45, 2.75) is 26.3 Å². The maximum Gasteiger partial charge on any atom is 0.134 e. The number of hydrogen-bond acceptors (Lipinski definition) is 2. The smallest absolute Gasteiger partial charge is 0.134 e. The number of rotatable bonds is 3. The fourth-order valence-corrected chi connectivity index (χ4v) is 2.58. The molecule has 3 rings (SSSR count). The van der Waals surface area contributed by atoms with Gasteiger partial charge in [0.05, 0.1) is 6.04 Å². The van der Waals surface area contributed by atoms with Gasteiger partial charge in [0.1, 0.15) is 17.2 Å². The van der Waals surface area contributed by atoms with Crippen LogP contribution < -0.4 is 5.73 Å². The van der Waals surface area contributed by atoms with E-state index in [0.717, 1.165) is 5.39 Å². The Morgan fingerprint density at radius 1 is 1.10 bits per heavy atom. The zero-order chi connectivity index (χ0) is 15.0. The van der Waals surface area contributed by atoms with E-state index in [4.69, 9.17) is 10.2 Å². The highest BCUT2D eigenvalue weighted by atomic mass is 19.1. The van der Waals surface area contributed by atoms with Gasteiger partial charge in [-0.2, -0.15) is 0 Å². The van der Waals surface area contributed by atoms with Crippen molar-refractivity contribution in [2.24, 2.45) is 5.73 Å². The van der Waals surface area contributed by atoms with Gasteiger partial charge in [-0.1, -0.05) is 23.8 Å². The van der Waals surface area contributed by atoms with Gasteiger partial charge in [0.25, 0.3) is 0 Å². The van der Waals surface area contributed by atoms with Crippen LogP contribution in [0.2, 0.25) is 0 Å². The first kappa shape index (κ1) is 13.8. The SMILES string of the molecule is Cc1ccc(C)c(CC(N)c2cc3cc(F)ccc3o2)c1. The van der Waals surface area contributed by atoms with Gasteiger partial charge in [0.15, 0.2) is 0 Å². The molecule has 3 aromatic rings. The number of furan rings is 1. The molecule has 0 aliphatic heterocycles. The van der Waals surface area contributed by atoms with Crippen LogP contribution in [0.5, 0.6) is 0 Å². The molecule has 0 spiro atoms. The average Bonchev–Trinajstić information content (AvgIpc) is 2.86. The van der Waals surface area contributed by atoms with Gasteiger partial charge in [-0.15, -0.1) is 0 Å². The molecule has 108 valence electrons. The molecule has 1 aromatic heterocycles. The van der Waals surface area contributed by atoms with Crippen LogP contribution in [0.1, 0.15) is 28.5 Å². The molecule has 0 amide bonds. The molecule has 0 bridgehead atoms. The van der Waals surface area contributed by atoms with Crippen LogP contribution in [0, 0.1) is 19.7 Å². The van der Waals surface area contributed by atoms with Crippen molar-refractivity contribution < 1.29 is 8.81 Å². The second kappa shape index (κ2) is 5.34. The summed E-state index contributed by atoms with van der Waals surface area (Å²) in [6.45, 7) is 4.15. The molecule has 1 unspecified atom stereocenters. The number of halogens is 1. The first-order valence-corrected chi connectivity index (χ1v) is 7.03. The van der Waals surface area contributed by atoms with Gasteiger partial charge in [-0.05, 0) is 55.7 Å². The molecule has 3 heteroatoms. The molecule has 1 heterocycles. The van der Waals surface area contributed by atoms with E-state index in [0.29, 0.717) is 17.8 Å². The zero-order valence-electron chi connectivity index (χ0n) is 12.2. The molecule has 0 radical (unpaired) electrons. The summed E-state index contributed by atoms with van der Waals surface area (Å²) in [4.78, 5) is 0. The molecule has 2 N–H and O–H groups in total. The normalized spacial score (nSPS) is 12.8. The molecule has 2 aromatic carbocycles. The van der Waals surface area contributed by atoms with Crippen molar-refractivity contribution in [3.63, 3.8) is 0 Å². The fourth-order valence-electron chi connectivity index (χ4n) is 2.58.